The standard InChI is InChI=1S/C21H27N5S/c1-14(2)11-26(12-15(3)4)20-18(22)21(25-13-24-20)27-17-9-5-7-16-8-6-10-23-19(16)17/h5-10,13-15H,11-12,22H2,1-4H3. The molecular formula is C21H27N5S. The fraction of sp³-hybridized carbons (Fsp3) is 0.381. The third-order valence-electron chi connectivity index (χ3n) is 4.10. The van der Waals surface area contributed by atoms with Crippen LogP contribution in [0, 0.1) is 11.8 Å². The van der Waals surface area contributed by atoms with Gasteiger partial charge < -0.3 is 10.6 Å². The summed E-state index contributed by atoms with van der Waals surface area (Å²) in [6.07, 6.45) is 3.43. The summed E-state index contributed by atoms with van der Waals surface area (Å²) in [6.45, 7) is 10.7. The Balaban J connectivity index is 1.96. The molecule has 0 saturated heterocycles. The number of aromatic nitrogens is 3. The van der Waals surface area contributed by atoms with E-state index in [1.807, 2.05) is 18.3 Å². The van der Waals surface area contributed by atoms with Crippen LogP contribution in [0.5, 0.6) is 0 Å². The predicted molar refractivity (Wildman–Crippen MR) is 114 cm³/mol. The number of nitrogens with two attached hydrogens (primary N) is 1. The largest absolute Gasteiger partial charge is 0.394 e. The van der Waals surface area contributed by atoms with Crippen molar-refractivity contribution in [1.82, 2.24) is 15.0 Å². The molecule has 0 fully saturated rings. The Labute approximate surface area is 165 Å². The second-order valence-electron chi connectivity index (χ2n) is 7.54. The highest BCUT2D eigenvalue weighted by molar-refractivity contribution is 7.99. The summed E-state index contributed by atoms with van der Waals surface area (Å²) in [5, 5.41) is 1.88. The van der Waals surface area contributed by atoms with Gasteiger partial charge in [0.05, 0.1) is 5.52 Å². The van der Waals surface area contributed by atoms with Crippen LogP contribution in [0.3, 0.4) is 0 Å². The van der Waals surface area contributed by atoms with Crippen LogP contribution in [0.2, 0.25) is 0 Å². The average Bonchev–Trinajstić information content (AvgIpc) is 2.62. The monoisotopic (exact) mass is 381 g/mol. The number of nitrogen functional groups attached to an aromatic ring is 1. The van der Waals surface area contributed by atoms with Crippen molar-refractivity contribution < 1.29 is 0 Å². The number of pyridine rings is 1. The van der Waals surface area contributed by atoms with Crippen molar-refractivity contribution in [1.29, 1.82) is 0 Å². The molecule has 2 heterocycles. The minimum atomic E-state index is 0.525. The summed E-state index contributed by atoms with van der Waals surface area (Å²) in [4.78, 5) is 16.8. The Morgan fingerprint density at radius 3 is 2.37 bits per heavy atom. The first kappa shape index (κ1) is 19.4. The van der Waals surface area contributed by atoms with E-state index in [2.05, 4.69) is 65.7 Å². The van der Waals surface area contributed by atoms with Gasteiger partial charge >= 0.3 is 0 Å². The van der Waals surface area contributed by atoms with Crippen LogP contribution in [-0.4, -0.2) is 28.0 Å². The molecule has 0 aliphatic rings. The normalized spacial score (nSPS) is 11.5. The molecule has 0 unspecified atom stereocenters. The topological polar surface area (TPSA) is 67.9 Å². The zero-order valence-electron chi connectivity index (χ0n) is 16.4. The molecule has 3 aromatic rings. The molecule has 142 valence electrons. The van der Waals surface area contributed by atoms with Crippen LogP contribution in [-0.2, 0) is 0 Å². The Bertz CT molecular complexity index is 895. The molecule has 3 rings (SSSR count). The number of fused-ring (bicyclic) bond motifs is 1. The first-order valence-corrected chi connectivity index (χ1v) is 10.1. The van der Waals surface area contributed by atoms with E-state index in [0.717, 1.165) is 39.7 Å². The lowest BCUT2D eigenvalue weighted by atomic mass is 10.1. The van der Waals surface area contributed by atoms with Crippen molar-refractivity contribution in [2.45, 2.75) is 37.6 Å². The summed E-state index contributed by atoms with van der Waals surface area (Å²) >= 11 is 1.55. The van der Waals surface area contributed by atoms with Gasteiger partial charge in [0.15, 0.2) is 5.82 Å². The molecule has 2 aromatic heterocycles. The third kappa shape index (κ3) is 4.69. The predicted octanol–water partition coefficient (Wildman–Crippen LogP) is 4.88. The number of rotatable bonds is 7. The van der Waals surface area contributed by atoms with Crippen molar-refractivity contribution in [2.24, 2.45) is 11.8 Å². The van der Waals surface area contributed by atoms with Crippen molar-refractivity contribution in [3.63, 3.8) is 0 Å². The molecule has 0 radical (unpaired) electrons. The van der Waals surface area contributed by atoms with Gasteiger partial charge in [-0.05, 0) is 24.0 Å². The van der Waals surface area contributed by atoms with E-state index in [1.165, 1.54) is 0 Å². The zero-order valence-corrected chi connectivity index (χ0v) is 17.2. The molecule has 2 N–H and O–H groups in total. The molecule has 0 saturated carbocycles. The molecule has 0 atom stereocenters. The highest BCUT2D eigenvalue weighted by atomic mass is 32.2. The number of anilines is 2. The van der Waals surface area contributed by atoms with Gasteiger partial charge in [-0.15, -0.1) is 0 Å². The fourth-order valence-corrected chi connectivity index (χ4v) is 4.02. The molecule has 0 aliphatic carbocycles. The van der Waals surface area contributed by atoms with E-state index in [1.54, 1.807) is 18.1 Å². The molecular weight excluding hydrogens is 354 g/mol. The van der Waals surface area contributed by atoms with Gasteiger partial charge in [0.2, 0.25) is 0 Å². The molecule has 5 nitrogen and oxygen atoms in total. The van der Waals surface area contributed by atoms with Gasteiger partial charge in [-0.2, -0.15) is 0 Å². The zero-order chi connectivity index (χ0) is 19.4. The fourth-order valence-electron chi connectivity index (χ4n) is 3.10. The maximum absolute atomic E-state index is 6.52. The molecule has 0 bridgehead atoms. The minimum Gasteiger partial charge on any atom is -0.394 e. The van der Waals surface area contributed by atoms with Crippen molar-refractivity contribution in [3.05, 3.63) is 42.9 Å². The van der Waals surface area contributed by atoms with Crippen LogP contribution >= 0.6 is 11.8 Å². The van der Waals surface area contributed by atoms with Gasteiger partial charge in [-0.3, -0.25) is 4.98 Å². The van der Waals surface area contributed by atoms with Crippen LogP contribution in [0.4, 0.5) is 11.5 Å². The first-order valence-electron chi connectivity index (χ1n) is 9.32. The second-order valence-corrected chi connectivity index (χ2v) is 8.57. The maximum Gasteiger partial charge on any atom is 0.156 e. The Kier molecular flexibility index (Phi) is 6.16. The Hall–Kier alpha value is -2.34. The quantitative estimate of drug-likeness (QED) is 0.589. The van der Waals surface area contributed by atoms with Gasteiger partial charge in [0.1, 0.15) is 17.0 Å². The molecule has 1 aromatic carbocycles. The second kappa shape index (κ2) is 8.57. The van der Waals surface area contributed by atoms with Crippen LogP contribution in [0.15, 0.2) is 52.8 Å². The Morgan fingerprint density at radius 1 is 0.963 bits per heavy atom. The number of nitrogens with zero attached hydrogens (tertiary/aromatic N) is 4. The van der Waals surface area contributed by atoms with Crippen molar-refractivity contribution in [3.8, 4) is 0 Å². The van der Waals surface area contributed by atoms with E-state index < -0.39 is 0 Å². The summed E-state index contributed by atoms with van der Waals surface area (Å²) in [5.74, 6) is 1.87. The SMILES string of the molecule is CC(C)CN(CC(C)C)c1ncnc(Sc2cccc3cccnc23)c1N. The van der Waals surface area contributed by atoms with Gasteiger partial charge in [-0.25, -0.2) is 9.97 Å². The number of benzene rings is 1. The van der Waals surface area contributed by atoms with E-state index in [9.17, 15) is 0 Å². The van der Waals surface area contributed by atoms with Crippen LogP contribution in [0.25, 0.3) is 10.9 Å². The highest BCUT2D eigenvalue weighted by Gasteiger charge is 2.18. The molecule has 0 aliphatic heterocycles. The third-order valence-corrected chi connectivity index (χ3v) is 5.17. The lowest BCUT2D eigenvalue weighted by Crippen LogP contribution is -2.32. The van der Waals surface area contributed by atoms with Crippen molar-refractivity contribution in [2.75, 3.05) is 23.7 Å². The van der Waals surface area contributed by atoms with Gasteiger partial charge in [-0.1, -0.05) is 57.7 Å². The summed E-state index contributed by atoms with van der Waals surface area (Å²) in [5.41, 5.74) is 8.12. The lowest BCUT2D eigenvalue weighted by Gasteiger charge is -2.28. The summed E-state index contributed by atoms with van der Waals surface area (Å²) in [6, 6.07) is 10.2. The van der Waals surface area contributed by atoms with Gasteiger partial charge in [0, 0.05) is 29.6 Å². The summed E-state index contributed by atoms with van der Waals surface area (Å²) < 4.78 is 0. The number of hydrogen-bond donors (Lipinski definition) is 1. The van der Waals surface area contributed by atoms with E-state index in [-0.39, 0.29) is 0 Å². The molecule has 0 spiro atoms. The van der Waals surface area contributed by atoms with Crippen LogP contribution < -0.4 is 10.6 Å². The smallest absolute Gasteiger partial charge is 0.156 e. The van der Waals surface area contributed by atoms with E-state index in [0.29, 0.717) is 17.5 Å². The Morgan fingerprint density at radius 2 is 1.67 bits per heavy atom. The number of para-hydroxylation sites is 1. The highest BCUT2D eigenvalue weighted by Crippen LogP contribution is 2.37. The van der Waals surface area contributed by atoms with Crippen molar-refractivity contribution >= 4 is 34.2 Å². The molecule has 6 heteroatoms. The number of hydrogen-bond acceptors (Lipinski definition) is 6. The van der Waals surface area contributed by atoms with E-state index >= 15 is 0 Å². The van der Waals surface area contributed by atoms with Crippen LogP contribution in [0.1, 0.15) is 27.7 Å². The summed E-state index contributed by atoms with van der Waals surface area (Å²) in [7, 11) is 0. The first-order chi connectivity index (χ1) is 13.0. The van der Waals surface area contributed by atoms with Gasteiger partial charge in [0.25, 0.3) is 0 Å². The molecule has 0 amide bonds. The van der Waals surface area contributed by atoms with E-state index in [4.69, 9.17) is 5.73 Å². The molecule has 27 heavy (non-hydrogen) atoms. The minimum absolute atomic E-state index is 0.525. The lowest BCUT2D eigenvalue weighted by molar-refractivity contribution is 0.548. The maximum atomic E-state index is 6.52. The average molecular weight is 382 g/mol.